The molecule has 0 radical (unpaired) electrons. The molecule has 1 aliphatic rings. The van der Waals surface area contributed by atoms with Crippen molar-refractivity contribution in [3.63, 3.8) is 0 Å². The average Bonchev–Trinajstić information content (AvgIpc) is 3.16. The van der Waals surface area contributed by atoms with E-state index in [1.165, 1.54) is 17.8 Å². The summed E-state index contributed by atoms with van der Waals surface area (Å²) in [6.45, 7) is 4.03. The summed E-state index contributed by atoms with van der Waals surface area (Å²) in [5, 5.41) is 22.2. The summed E-state index contributed by atoms with van der Waals surface area (Å²) >= 11 is 0. The lowest BCUT2D eigenvalue weighted by Crippen LogP contribution is -2.36. The molecule has 3 heterocycles. The van der Waals surface area contributed by atoms with E-state index >= 15 is 0 Å². The number of aromatic amines is 1. The highest BCUT2D eigenvalue weighted by atomic mass is 16.6. The maximum atomic E-state index is 12.3. The van der Waals surface area contributed by atoms with Gasteiger partial charge < -0.3 is 19.7 Å². The van der Waals surface area contributed by atoms with E-state index in [0.717, 1.165) is 0 Å². The van der Waals surface area contributed by atoms with E-state index in [0.29, 0.717) is 0 Å². The molecule has 1 fully saturated rings. The van der Waals surface area contributed by atoms with E-state index in [2.05, 4.69) is 20.3 Å². The Morgan fingerprint density at radius 1 is 1.46 bits per heavy atom. The van der Waals surface area contributed by atoms with Crippen LogP contribution in [0.1, 0.15) is 27.0 Å². The Labute approximate surface area is 158 Å². The SMILES string of the molecule is CC(=O)O[C@@H]1[C@H](O)[C@@H](CO)O[C@H]1n1cnc2c(=O)[nH]c(NC(=O)C(C)C)nc21. The number of carbonyl (C=O) groups is 2. The molecule has 2 aromatic rings. The minimum Gasteiger partial charge on any atom is -0.455 e. The van der Waals surface area contributed by atoms with Gasteiger partial charge in [0.15, 0.2) is 23.5 Å². The quantitative estimate of drug-likeness (QED) is 0.459. The van der Waals surface area contributed by atoms with E-state index in [4.69, 9.17) is 9.47 Å². The highest BCUT2D eigenvalue weighted by Crippen LogP contribution is 2.33. The number of hydrogen-bond acceptors (Lipinski definition) is 9. The molecule has 1 saturated heterocycles. The van der Waals surface area contributed by atoms with Crippen LogP contribution in [0.3, 0.4) is 0 Å². The summed E-state index contributed by atoms with van der Waals surface area (Å²) in [6, 6.07) is 0. The minimum atomic E-state index is -1.29. The van der Waals surface area contributed by atoms with Gasteiger partial charge >= 0.3 is 5.97 Å². The third-order valence-corrected chi connectivity index (χ3v) is 4.27. The van der Waals surface area contributed by atoms with Crippen molar-refractivity contribution in [2.24, 2.45) is 5.92 Å². The van der Waals surface area contributed by atoms with Crippen LogP contribution in [0.15, 0.2) is 11.1 Å². The van der Waals surface area contributed by atoms with E-state index < -0.39 is 42.7 Å². The number of hydrogen-bond donors (Lipinski definition) is 4. The summed E-state index contributed by atoms with van der Waals surface area (Å²) in [7, 11) is 0. The Balaban J connectivity index is 2.04. The van der Waals surface area contributed by atoms with Crippen molar-refractivity contribution in [2.45, 2.75) is 45.3 Å². The molecule has 0 aromatic carbocycles. The number of imidazole rings is 1. The Hall–Kier alpha value is -2.83. The molecule has 1 amide bonds. The molecular weight excluding hydrogens is 374 g/mol. The lowest BCUT2D eigenvalue weighted by Gasteiger charge is -2.21. The molecule has 0 unspecified atom stereocenters. The molecule has 3 rings (SSSR count). The van der Waals surface area contributed by atoms with E-state index in [1.807, 2.05) is 0 Å². The van der Waals surface area contributed by atoms with Gasteiger partial charge in [0.05, 0.1) is 12.9 Å². The van der Waals surface area contributed by atoms with Crippen molar-refractivity contribution < 1.29 is 29.3 Å². The molecule has 1 aliphatic heterocycles. The fraction of sp³-hybridized carbons (Fsp3) is 0.562. The summed E-state index contributed by atoms with van der Waals surface area (Å²) in [4.78, 5) is 46.2. The monoisotopic (exact) mass is 395 g/mol. The number of anilines is 1. The van der Waals surface area contributed by atoms with Crippen molar-refractivity contribution in [3.05, 3.63) is 16.7 Å². The summed E-state index contributed by atoms with van der Waals surface area (Å²) in [5.41, 5.74) is -0.575. The van der Waals surface area contributed by atoms with Crippen LogP contribution in [0.4, 0.5) is 5.95 Å². The summed E-state index contributed by atoms with van der Waals surface area (Å²) < 4.78 is 12.0. The highest BCUT2D eigenvalue weighted by Gasteiger charge is 2.47. The van der Waals surface area contributed by atoms with Gasteiger partial charge in [0, 0.05) is 12.8 Å². The zero-order valence-electron chi connectivity index (χ0n) is 15.4. The van der Waals surface area contributed by atoms with Gasteiger partial charge in [0.1, 0.15) is 12.2 Å². The molecule has 0 saturated carbocycles. The van der Waals surface area contributed by atoms with Crippen LogP contribution in [0.25, 0.3) is 11.2 Å². The number of fused-ring (bicyclic) bond motifs is 1. The Morgan fingerprint density at radius 3 is 2.79 bits per heavy atom. The maximum Gasteiger partial charge on any atom is 0.303 e. The summed E-state index contributed by atoms with van der Waals surface area (Å²) in [6.07, 6.45) is -3.28. The van der Waals surface area contributed by atoms with Crippen LogP contribution in [0.2, 0.25) is 0 Å². The molecular formula is C16H21N5O7. The van der Waals surface area contributed by atoms with E-state index in [9.17, 15) is 24.6 Å². The molecule has 12 nitrogen and oxygen atoms in total. The average molecular weight is 395 g/mol. The fourth-order valence-electron chi connectivity index (χ4n) is 2.84. The van der Waals surface area contributed by atoms with Crippen molar-refractivity contribution in [1.82, 2.24) is 19.5 Å². The second-order valence-electron chi connectivity index (χ2n) is 6.69. The molecule has 4 N–H and O–H groups in total. The smallest absolute Gasteiger partial charge is 0.303 e. The maximum absolute atomic E-state index is 12.3. The van der Waals surface area contributed by atoms with Gasteiger partial charge in [-0.1, -0.05) is 13.8 Å². The Bertz CT molecular complexity index is 952. The van der Waals surface area contributed by atoms with Crippen molar-refractivity contribution in [3.8, 4) is 0 Å². The molecule has 12 heteroatoms. The largest absolute Gasteiger partial charge is 0.455 e. The summed E-state index contributed by atoms with van der Waals surface area (Å²) in [5.74, 6) is -1.42. The third kappa shape index (κ3) is 3.61. The van der Waals surface area contributed by atoms with Gasteiger partial charge in [-0.2, -0.15) is 4.98 Å². The van der Waals surface area contributed by atoms with Crippen molar-refractivity contribution in [1.29, 1.82) is 0 Å². The molecule has 152 valence electrons. The first kappa shape index (κ1) is 19.9. The highest BCUT2D eigenvalue weighted by molar-refractivity contribution is 5.91. The first-order chi connectivity index (χ1) is 13.2. The van der Waals surface area contributed by atoms with Crippen LogP contribution < -0.4 is 10.9 Å². The molecule has 28 heavy (non-hydrogen) atoms. The van der Waals surface area contributed by atoms with Gasteiger partial charge in [-0.25, -0.2) is 4.98 Å². The second kappa shape index (κ2) is 7.66. The first-order valence-electron chi connectivity index (χ1n) is 8.62. The Kier molecular flexibility index (Phi) is 5.45. The number of carbonyl (C=O) groups excluding carboxylic acids is 2. The number of ether oxygens (including phenoxy) is 2. The normalized spacial score (nSPS) is 24.6. The van der Waals surface area contributed by atoms with Crippen LogP contribution in [0.5, 0.6) is 0 Å². The standard InChI is InChI=1S/C16H21N5O7/c1-6(2)13(25)19-16-18-12-9(14(26)20-16)17-5-21(12)15-11(27-7(3)23)10(24)8(4-22)28-15/h5-6,8,10-11,15,22,24H,4H2,1-3H3,(H2,18,19,20,25,26)/t8-,10-,11-,15-/m1/s1. The number of amides is 1. The van der Waals surface area contributed by atoms with Gasteiger partial charge in [-0.05, 0) is 0 Å². The Morgan fingerprint density at radius 2 is 2.18 bits per heavy atom. The molecule has 0 spiro atoms. The second-order valence-corrected chi connectivity index (χ2v) is 6.69. The number of H-pyrrole nitrogens is 1. The zero-order chi connectivity index (χ0) is 20.6. The van der Waals surface area contributed by atoms with Gasteiger partial charge in [-0.3, -0.25) is 29.3 Å². The van der Waals surface area contributed by atoms with Gasteiger partial charge in [-0.15, -0.1) is 0 Å². The van der Waals surface area contributed by atoms with Crippen molar-refractivity contribution >= 4 is 29.0 Å². The van der Waals surface area contributed by atoms with Crippen LogP contribution >= 0.6 is 0 Å². The fourth-order valence-corrected chi connectivity index (χ4v) is 2.84. The van der Waals surface area contributed by atoms with Crippen LogP contribution in [-0.4, -0.2) is 66.5 Å². The number of aliphatic hydroxyl groups excluding tert-OH is 2. The topological polar surface area (TPSA) is 169 Å². The number of rotatable bonds is 5. The minimum absolute atomic E-state index is 0.0327. The number of nitrogens with one attached hydrogen (secondary N) is 2. The van der Waals surface area contributed by atoms with Crippen molar-refractivity contribution in [2.75, 3.05) is 11.9 Å². The molecule has 0 aliphatic carbocycles. The molecule has 0 bridgehead atoms. The predicted octanol–water partition coefficient (Wildman–Crippen LogP) is -1.10. The lowest BCUT2D eigenvalue weighted by molar-refractivity contribution is -0.155. The number of aromatic nitrogens is 4. The number of aliphatic hydroxyl groups is 2. The van der Waals surface area contributed by atoms with Gasteiger partial charge in [0.25, 0.3) is 5.56 Å². The predicted molar refractivity (Wildman–Crippen MR) is 94.2 cm³/mol. The third-order valence-electron chi connectivity index (χ3n) is 4.27. The van der Waals surface area contributed by atoms with E-state index in [-0.39, 0.29) is 28.9 Å². The van der Waals surface area contributed by atoms with Crippen LogP contribution in [-0.2, 0) is 19.1 Å². The lowest BCUT2D eigenvalue weighted by atomic mass is 10.1. The molecule has 4 atom stereocenters. The van der Waals surface area contributed by atoms with Crippen LogP contribution in [0, 0.1) is 5.92 Å². The zero-order valence-corrected chi connectivity index (χ0v) is 15.4. The molecule has 2 aromatic heterocycles. The number of nitrogens with zero attached hydrogens (tertiary/aromatic N) is 3. The van der Waals surface area contributed by atoms with Gasteiger partial charge in [0.2, 0.25) is 11.9 Å². The number of esters is 1. The van der Waals surface area contributed by atoms with E-state index in [1.54, 1.807) is 13.8 Å². The first-order valence-corrected chi connectivity index (χ1v) is 8.62.